The van der Waals surface area contributed by atoms with Crippen LogP contribution in [0.4, 0.5) is 0 Å². The van der Waals surface area contributed by atoms with Gasteiger partial charge in [-0.1, -0.05) is 15.9 Å². The molecule has 2 aromatic rings. The molecule has 2 aromatic carbocycles. The molecule has 0 aliphatic carbocycles. The van der Waals surface area contributed by atoms with Crippen molar-refractivity contribution >= 4 is 50.6 Å². The van der Waals surface area contributed by atoms with Gasteiger partial charge in [0.1, 0.15) is 5.75 Å². The van der Waals surface area contributed by atoms with Gasteiger partial charge in [-0.2, -0.15) is 5.10 Å². The summed E-state index contributed by atoms with van der Waals surface area (Å²) < 4.78 is 7.10. The zero-order valence-corrected chi connectivity index (χ0v) is 14.9. The lowest BCUT2D eigenvalue weighted by atomic mass is 10.2. The van der Waals surface area contributed by atoms with Crippen LogP contribution in [0.3, 0.4) is 0 Å². The van der Waals surface area contributed by atoms with E-state index in [1.807, 2.05) is 30.3 Å². The number of ether oxygens (including phenoxy) is 1. The van der Waals surface area contributed by atoms with Crippen LogP contribution >= 0.6 is 38.5 Å². The average molecular weight is 459 g/mol. The third kappa shape index (κ3) is 4.53. The van der Waals surface area contributed by atoms with Gasteiger partial charge >= 0.3 is 0 Å². The van der Waals surface area contributed by atoms with Crippen molar-refractivity contribution in [3.05, 3.63) is 61.6 Å². The Labute approximate surface area is 144 Å². The number of benzene rings is 2. The van der Waals surface area contributed by atoms with E-state index in [0.29, 0.717) is 5.56 Å². The van der Waals surface area contributed by atoms with Crippen molar-refractivity contribution < 1.29 is 9.53 Å². The van der Waals surface area contributed by atoms with Gasteiger partial charge in [-0.25, -0.2) is 5.43 Å². The van der Waals surface area contributed by atoms with Gasteiger partial charge in [-0.3, -0.25) is 4.79 Å². The van der Waals surface area contributed by atoms with Crippen LogP contribution in [0.1, 0.15) is 15.9 Å². The maximum Gasteiger partial charge on any atom is 0.271 e. The van der Waals surface area contributed by atoms with Crippen molar-refractivity contribution in [2.45, 2.75) is 0 Å². The van der Waals surface area contributed by atoms with E-state index in [2.05, 4.69) is 49.0 Å². The minimum absolute atomic E-state index is 0.248. The zero-order chi connectivity index (χ0) is 15.2. The number of nitrogens with one attached hydrogen (secondary N) is 1. The first-order valence-electron chi connectivity index (χ1n) is 6.02. The van der Waals surface area contributed by atoms with Gasteiger partial charge in [0.2, 0.25) is 0 Å². The van der Waals surface area contributed by atoms with Crippen molar-refractivity contribution in [1.29, 1.82) is 0 Å². The van der Waals surface area contributed by atoms with Crippen LogP contribution in [-0.4, -0.2) is 19.2 Å². The largest absolute Gasteiger partial charge is 0.496 e. The van der Waals surface area contributed by atoms with Gasteiger partial charge in [0, 0.05) is 10.0 Å². The standard InChI is InChI=1S/C15H12BrIN2O2/c1-21-14-7-2-10(8-13(14)17)9-18-19-15(20)11-3-5-12(16)6-4-11/h2-9H,1H3,(H,19,20). The second-order valence-electron chi connectivity index (χ2n) is 4.10. The van der Waals surface area contributed by atoms with E-state index in [4.69, 9.17) is 4.74 Å². The van der Waals surface area contributed by atoms with Crippen LogP contribution < -0.4 is 10.2 Å². The summed E-state index contributed by atoms with van der Waals surface area (Å²) in [4.78, 5) is 11.9. The lowest BCUT2D eigenvalue weighted by molar-refractivity contribution is 0.0955. The van der Waals surface area contributed by atoms with Gasteiger partial charge in [0.05, 0.1) is 16.9 Å². The molecule has 0 bridgehead atoms. The Balaban J connectivity index is 2.00. The summed E-state index contributed by atoms with van der Waals surface area (Å²) in [6.07, 6.45) is 1.60. The highest BCUT2D eigenvalue weighted by Gasteiger charge is 2.03. The first-order chi connectivity index (χ1) is 10.1. The number of amides is 1. The van der Waals surface area contributed by atoms with E-state index in [1.54, 1.807) is 25.5 Å². The molecule has 2 rings (SSSR count). The van der Waals surface area contributed by atoms with Gasteiger partial charge in [-0.15, -0.1) is 0 Å². The van der Waals surface area contributed by atoms with Crippen molar-refractivity contribution in [3.8, 4) is 5.75 Å². The maximum absolute atomic E-state index is 11.9. The van der Waals surface area contributed by atoms with Crippen LogP contribution in [0.15, 0.2) is 52.0 Å². The predicted octanol–water partition coefficient (Wildman–Crippen LogP) is 3.83. The highest BCUT2D eigenvalue weighted by molar-refractivity contribution is 14.1. The molecule has 0 fully saturated rings. The molecule has 0 saturated heterocycles. The molecule has 0 saturated carbocycles. The number of carbonyl (C=O) groups is 1. The molecule has 0 aliphatic heterocycles. The minimum Gasteiger partial charge on any atom is -0.496 e. The summed E-state index contributed by atoms with van der Waals surface area (Å²) in [7, 11) is 1.63. The second kappa shape index (κ2) is 7.56. The smallest absolute Gasteiger partial charge is 0.271 e. The second-order valence-corrected chi connectivity index (χ2v) is 6.18. The molecule has 0 unspecified atom stereocenters. The Kier molecular flexibility index (Phi) is 5.75. The lowest BCUT2D eigenvalue weighted by Gasteiger charge is -2.03. The maximum atomic E-state index is 11.9. The Morgan fingerprint density at radius 3 is 2.62 bits per heavy atom. The molecule has 1 N–H and O–H groups in total. The highest BCUT2D eigenvalue weighted by Crippen LogP contribution is 2.20. The summed E-state index contributed by atoms with van der Waals surface area (Å²) in [5, 5.41) is 3.96. The molecular formula is C15H12BrIN2O2. The quantitative estimate of drug-likeness (QED) is 0.430. The molecule has 0 atom stereocenters. The summed E-state index contributed by atoms with van der Waals surface area (Å²) in [5.74, 6) is 0.564. The van der Waals surface area contributed by atoms with E-state index in [9.17, 15) is 4.79 Å². The number of hydrogen-bond donors (Lipinski definition) is 1. The molecule has 1 amide bonds. The molecular weight excluding hydrogens is 447 g/mol. The number of hydrogen-bond acceptors (Lipinski definition) is 3. The number of halogens is 2. The van der Waals surface area contributed by atoms with Gasteiger partial charge in [0.25, 0.3) is 5.91 Å². The fourth-order valence-electron chi connectivity index (χ4n) is 1.59. The Bertz CT molecular complexity index is 672. The molecule has 0 spiro atoms. The third-order valence-electron chi connectivity index (χ3n) is 2.66. The molecule has 6 heteroatoms. The molecule has 0 heterocycles. The van der Waals surface area contributed by atoms with Crippen LogP contribution in [-0.2, 0) is 0 Å². The topological polar surface area (TPSA) is 50.7 Å². The summed E-state index contributed by atoms with van der Waals surface area (Å²) in [6.45, 7) is 0. The minimum atomic E-state index is -0.248. The summed E-state index contributed by atoms with van der Waals surface area (Å²) in [5.41, 5.74) is 3.94. The van der Waals surface area contributed by atoms with Gasteiger partial charge < -0.3 is 4.74 Å². The fraction of sp³-hybridized carbons (Fsp3) is 0.0667. The van der Waals surface area contributed by atoms with Crippen LogP contribution in [0.2, 0.25) is 0 Å². The van der Waals surface area contributed by atoms with Gasteiger partial charge in [0.15, 0.2) is 0 Å². The van der Waals surface area contributed by atoms with E-state index < -0.39 is 0 Å². The van der Waals surface area contributed by atoms with Crippen molar-refractivity contribution in [3.63, 3.8) is 0 Å². The predicted molar refractivity (Wildman–Crippen MR) is 94.9 cm³/mol. The highest BCUT2D eigenvalue weighted by atomic mass is 127. The monoisotopic (exact) mass is 458 g/mol. The van der Waals surface area contributed by atoms with E-state index in [1.165, 1.54) is 0 Å². The van der Waals surface area contributed by atoms with E-state index in [-0.39, 0.29) is 5.91 Å². The van der Waals surface area contributed by atoms with E-state index >= 15 is 0 Å². The van der Waals surface area contributed by atoms with Crippen molar-refractivity contribution in [1.82, 2.24) is 5.43 Å². The number of rotatable bonds is 4. The Morgan fingerprint density at radius 1 is 1.29 bits per heavy atom. The van der Waals surface area contributed by atoms with Crippen molar-refractivity contribution in [2.75, 3.05) is 7.11 Å². The first kappa shape index (κ1) is 16.0. The fourth-order valence-corrected chi connectivity index (χ4v) is 2.62. The third-order valence-corrected chi connectivity index (χ3v) is 4.03. The number of carbonyl (C=O) groups excluding carboxylic acids is 1. The normalized spacial score (nSPS) is 10.6. The van der Waals surface area contributed by atoms with Crippen LogP contribution in [0.5, 0.6) is 5.75 Å². The van der Waals surface area contributed by atoms with Crippen LogP contribution in [0, 0.1) is 3.57 Å². The molecule has 0 aliphatic rings. The average Bonchev–Trinajstić information content (AvgIpc) is 2.48. The number of methoxy groups -OCH3 is 1. The Hall–Kier alpha value is -1.41. The molecule has 0 aromatic heterocycles. The molecule has 4 nitrogen and oxygen atoms in total. The number of hydrazone groups is 1. The molecule has 108 valence electrons. The molecule has 21 heavy (non-hydrogen) atoms. The van der Waals surface area contributed by atoms with Crippen molar-refractivity contribution in [2.24, 2.45) is 5.10 Å². The van der Waals surface area contributed by atoms with Gasteiger partial charge in [-0.05, 0) is 70.6 Å². The number of nitrogens with zero attached hydrogens (tertiary/aromatic N) is 1. The Morgan fingerprint density at radius 2 is 2.00 bits per heavy atom. The summed E-state index contributed by atoms with van der Waals surface area (Å²) in [6, 6.07) is 12.7. The zero-order valence-electron chi connectivity index (χ0n) is 11.1. The van der Waals surface area contributed by atoms with E-state index in [0.717, 1.165) is 19.4 Å². The first-order valence-corrected chi connectivity index (χ1v) is 7.90. The van der Waals surface area contributed by atoms with Crippen LogP contribution in [0.25, 0.3) is 0 Å². The molecule has 0 radical (unpaired) electrons. The SMILES string of the molecule is COc1ccc(C=NNC(=O)c2ccc(Br)cc2)cc1I. The lowest BCUT2D eigenvalue weighted by Crippen LogP contribution is -2.17. The summed E-state index contributed by atoms with van der Waals surface area (Å²) >= 11 is 5.51.